The molecule has 2 aliphatic rings. The summed E-state index contributed by atoms with van der Waals surface area (Å²) in [5, 5.41) is 0. The summed E-state index contributed by atoms with van der Waals surface area (Å²) in [6.45, 7) is 5.22. The zero-order valence-corrected chi connectivity index (χ0v) is 12.2. The van der Waals surface area contributed by atoms with E-state index in [1.165, 1.54) is 0 Å². The Labute approximate surface area is 124 Å². The van der Waals surface area contributed by atoms with Crippen molar-refractivity contribution in [3.05, 3.63) is 23.8 Å². The van der Waals surface area contributed by atoms with Crippen LogP contribution in [0.25, 0.3) is 0 Å². The Kier molecular flexibility index (Phi) is 4.26. The van der Waals surface area contributed by atoms with E-state index in [1.807, 2.05) is 7.05 Å². The highest BCUT2D eigenvalue weighted by atomic mass is 16.7. The van der Waals surface area contributed by atoms with Crippen LogP contribution in [0.15, 0.2) is 18.2 Å². The van der Waals surface area contributed by atoms with Crippen molar-refractivity contribution in [2.45, 2.75) is 0 Å². The van der Waals surface area contributed by atoms with Gasteiger partial charge in [-0.15, -0.1) is 0 Å². The summed E-state index contributed by atoms with van der Waals surface area (Å²) in [5.41, 5.74) is 0.628. The third kappa shape index (κ3) is 3.28. The fourth-order valence-corrected chi connectivity index (χ4v) is 2.47. The Hall–Kier alpha value is -1.79. The van der Waals surface area contributed by atoms with Crippen molar-refractivity contribution in [2.75, 3.05) is 53.2 Å². The zero-order chi connectivity index (χ0) is 14.7. The number of benzene rings is 1. The van der Waals surface area contributed by atoms with E-state index < -0.39 is 0 Å². The first-order chi connectivity index (χ1) is 10.2. The topological polar surface area (TPSA) is 51.2 Å². The van der Waals surface area contributed by atoms with Crippen LogP contribution in [0.4, 0.5) is 0 Å². The molecule has 0 bridgehead atoms. The van der Waals surface area contributed by atoms with Crippen LogP contribution in [-0.2, 0) is 4.74 Å². The monoisotopic (exact) mass is 292 g/mol. The van der Waals surface area contributed by atoms with Crippen molar-refractivity contribution in [1.29, 1.82) is 0 Å². The second-order valence-corrected chi connectivity index (χ2v) is 5.25. The van der Waals surface area contributed by atoms with Crippen LogP contribution in [0.3, 0.4) is 0 Å². The van der Waals surface area contributed by atoms with Gasteiger partial charge in [-0.1, -0.05) is 0 Å². The molecule has 0 unspecified atom stereocenters. The van der Waals surface area contributed by atoms with Crippen molar-refractivity contribution in [3.63, 3.8) is 0 Å². The molecule has 0 aromatic heterocycles. The van der Waals surface area contributed by atoms with E-state index >= 15 is 0 Å². The number of ether oxygens (including phenoxy) is 3. The van der Waals surface area contributed by atoms with Crippen LogP contribution >= 0.6 is 0 Å². The van der Waals surface area contributed by atoms with E-state index in [-0.39, 0.29) is 12.7 Å². The molecule has 0 saturated carbocycles. The largest absolute Gasteiger partial charge is 0.454 e. The zero-order valence-electron chi connectivity index (χ0n) is 12.2. The van der Waals surface area contributed by atoms with Crippen LogP contribution in [0.5, 0.6) is 11.5 Å². The molecule has 114 valence electrons. The minimum absolute atomic E-state index is 0.00144. The molecule has 21 heavy (non-hydrogen) atoms. The summed E-state index contributed by atoms with van der Waals surface area (Å²) in [6, 6.07) is 5.31. The van der Waals surface area contributed by atoms with Gasteiger partial charge in [0.2, 0.25) is 6.79 Å². The van der Waals surface area contributed by atoms with Gasteiger partial charge in [0.05, 0.1) is 13.2 Å². The van der Waals surface area contributed by atoms with E-state index in [2.05, 4.69) is 4.90 Å². The molecule has 0 radical (unpaired) electrons. The standard InChI is InChI=1S/C15H20N2O4/c1-16(4-5-17-6-8-19-9-7-17)15(18)12-2-3-13-14(10-12)21-11-20-13/h2-3,10H,4-9,11H2,1H3. The van der Waals surface area contributed by atoms with Gasteiger partial charge in [0.15, 0.2) is 11.5 Å². The van der Waals surface area contributed by atoms with Crippen molar-refractivity contribution in [3.8, 4) is 11.5 Å². The maximum absolute atomic E-state index is 12.4. The number of likely N-dealkylation sites (N-methyl/N-ethyl adjacent to an activating group) is 1. The first-order valence-corrected chi connectivity index (χ1v) is 7.19. The van der Waals surface area contributed by atoms with Crippen molar-refractivity contribution < 1.29 is 19.0 Å². The Morgan fingerprint density at radius 2 is 2.00 bits per heavy atom. The fraction of sp³-hybridized carbons (Fsp3) is 0.533. The van der Waals surface area contributed by atoms with Gasteiger partial charge in [0.25, 0.3) is 5.91 Å². The van der Waals surface area contributed by atoms with Gasteiger partial charge in [-0.3, -0.25) is 9.69 Å². The lowest BCUT2D eigenvalue weighted by Crippen LogP contribution is -2.41. The molecule has 0 spiro atoms. The molecular formula is C15H20N2O4. The normalized spacial score (nSPS) is 17.8. The van der Waals surface area contributed by atoms with Gasteiger partial charge in [0, 0.05) is 38.8 Å². The molecule has 6 nitrogen and oxygen atoms in total. The Morgan fingerprint density at radius 3 is 2.81 bits per heavy atom. The summed E-state index contributed by atoms with van der Waals surface area (Å²) in [7, 11) is 1.83. The molecule has 0 aliphatic carbocycles. The first kappa shape index (κ1) is 14.2. The third-order valence-electron chi connectivity index (χ3n) is 3.82. The lowest BCUT2D eigenvalue weighted by Gasteiger charge is -2.28. The lowest BCUT2D eigenvalue weighted by molar-refractivity contribution is 0.0338. The van der Waals surface area contributed by atoms with Gasteiger partial charge in [-0.25, -0.2) is 0 Å². The molecule has 1 aromatic rings. The number of nitrogens with zero attached hydrogens (tertiary/aromatic N) is 2. The highest BCUT2D eigenvalue weighted by Gasteiger charge is 2.19. The van der Waals surface area contributed by atoms with E-state index in [0.29, 0.717) is 23.6 Å². The summed E-state index contributed by atoms with van der Waals surface area (Å²) in [5.74, 6) is 1.34. The Bertz CT molecular complexity index is 514. The molecule has 2 heterocycles. The number of morpholine rings is 1. The molecule has 1 saturated heterocycles. The van der Waals surface area contributed by atoms with E-state index in [0.717, 1.165) is 32.8 Å². The molecule has 3 rings (SSSR count). The summed E-state index contributed by atoms with van der Waals surface area (Å²) < 4.78 is 15.9. The second-order valence-electron chi connectivity index (χ2n) is 5.25. The third-order valence-corrected chi connectivity index (χ3v) is 3.82. The first-order valence-electron chi connectivity index (χ1n) is 7.19. The number of carbonyl (C=O) groups is 1. The molecule has 0 N–H and O–H groups in total. The van der Waals surface area contributed by atoms with E-state index in [4.69, 9.17) is 14.2 Å². The van der Waals surface area contributed by atoms with Gasteiger partial charge >= 0.3 is 0 Å². The number of amides is 1. The maximum atomic E-state index is 12.4. The van der Waals surface area contributed by atoms with Crippen LogP contribution in [0, 0.1) is 0 Å². The molecule has 2 aliphatic heterocycles. The van der Waals surface area contributed by atoms with Gasteiger partial charge < -0.3 is 19.1 Å². The number of rotatable bonds is 4. The average Bonchev–Trinajstić information content (AvgIpc) is 3.00. The average molecular weight is 292 g/mol. The van der Waals surface area contributed by atoms with Crippen molar-refractivity contribution in [2.24, 2.45) is 0 Å². The second kappa shape index (κ2) is 6.32. The lowest BCUT2D eigenvalue weighted by atomic mass is 10.2. The molecule has 1 amide bonds. The summed E-state index contributed by atoms with van der Waals surface area (Å²) in [4.78, 5) is 16.5. The predicted molar refractivity (Wildman–Crippen MR) is 76.8 cm³/mol. The Morgan fingerprint density at radius 1 is 1.24 bits per heavy atom. The quantitative estimate of drug-likeness (QED) is 0.822. The van der Waals surface area contributed by atoms with Gasteiger partial charge in [-0.05, 0) is 18.2 Å². The van der Waals surface area contributed by atoms with E-state index in [1.54, 1.807) is 23.1 Å². The minimum Gasteiger partial charge on any atom is -0.454 e. The number of fused-ring (bicyclic) bond motifs is 1. The van der Waals surface area contributed by atoms with Crippen LogP contribution in [0.2, 0.25) is 0 Å². The molecule has 1 fully saturated rings. The number of hydrogen-bond donors (Lipinski definition) is 0. The van der Waals surface area contributed by atoms with Crippen LogP contribution in [-0.4, -0.2) is 68.9 Å². The summed E-state index contributed by atoms with van der Waals surface area (Å²) >= 11 is 0. The van der Waals surface area contributed by atoms with Crippen LogP contribution in [0.1, 0.15) is 10.4 Å². The minimum atomic E-state index is 0.00144. The number of carbonyl (C=O) groups excluding carboxylic acids is 1. The number of hydrogen-bond acceptors (Lipinski definition) is 5. The smallest absolute Gasteiger partial charge is 0.253 e. The molecule has 6 heteroatoms. The molecule has 0 atom stereocenters. The van der Waals surface area contributed by atoms with Gasteiger partial charge in [-0.2, -0.15) is 0 Å². The van der Waals surface area contributed by atoms with E-state index in [9.17, 15) is 4.79 Å². The highest BCUT2D eigenvalue weighted by Crippen LogP contribution is 2.32. The predicted octanol–water partition coefficient (Wildman–Crippen LogP) is 0.820. The van der Waals surface area contributed by atoms with Crippen molar-refractivity contribution >= 4 is 5.91 Å². The maximum Gasteiger partial charge on any atom is 0.253 e. The molecule has 1 aromatic carbocycles. The highest BCUT2D eigenvalue weighted by molar-refractivity contribution is 5.94. The van der Waals surface area contributed by atoms with Crippen LogP contribution < -0.4 is 9.47 Å². The fourth-order valence-electron chi connectivity index (χ4n) is 2.47. The Balaban J connectivity index is 1.56. The summed E-state index contributed by atoms with van der Waals surface area (Å²) in [6.07, 6.45) is 0. The SMILES string of the molecule is CN(CCN1CCOCC1)C(=O)c1ccc2c(c1)OCO2. The van der Waals surface area contributed by atoms with Gasteiger partial charge in [0.1, 0.15) is 0 Å². The van der Waals surface area contributed by atoms with Crippen molar-refractivity contribution in [1.82, 2.24) is 9.80 Å². The molecular weight excluding hydrogens is 272 g/mol.